The summed E-state index contributed by atoms with van der Waals surface area (Å²) in [5.74, 6) is 1.60. The van der Waals surface area contributed by atoms with E-state index in [9.17, 15) is 4.79 Å². The molecule has 1 aliphatic rings. The summed E-state index contributed by atoms with van der Waals surface area (Å²) in [5.41, 5.74) is 3.85. The molecule has 1 amide bonds. The molecule has 8 heteroatoms. The molecule has 4 rings (SSSR count). The maximum absolute atomic E-state index is 13.5. The van der Waals surface area contributed by atoms with Gasteiger partial charge in [0.15, 0.2) is 11.5 Å². The molecule has 2 aromatic carbocycles. The summed E-state index contributed by atoms with van der Waals surface area (Å²) in [6.45, 7) is 6.24. The Morgan fingerprint density at radius 3 is 2.74 bits per heavy atom. The van der Waals surface area contributed by atoms with Crippen LogP contribution in [0.2, 0.25) is 0 Å². The minimum atomic E-state index is -0.479. The first-order chi connectivity index (χ1) is 15.0. The first kappa shape index (κ1) is 20.5. The first-order valence-corrected chi connectivity index (χ1v) is 10.1. The van der Waals surface area contributed by atoms with Crippen molar-refractivity contribution in [3.63, 3.8) is 0 Å². The Kier molecular flexibility index (Phi) is 5.62. The second kappa shape index (κ2) is 8.51. The Bertz CT molecular complexity index is 1150. The van der Waals surface area contributed by atoms with Crippen molar-refractivity contribution >= 4 is 17.5 Å². The molecule has 0 bridgehead atoms. The van der Waals surface area contributed by atoms with Gasteiger partial charge in [0.25, 0.3) is 5.91 Å². The van der Waals surface area contributed by atoms with Gasteiger partial charge in [-0.05, 0) is 50.1 Å². The molecule has 160 valence electrons. The SMILES string of the molecule is CCOc1cc([C@@H]2C(C(=O)Nc3ccccc3C)=C(C)Nc3ncnn32)ccc1OC. The number of methoxy groups -OCH3 is 1. The minimum absolute atomic E-state index is 0.209. The Labute approximate surface area is 180 Å². The van der Waals surface area contributed by atoms with E-state index in [0.29, 0.717) is 35.3 Å². The number of rotatable bonds is 6. The van der Waals surface area contributed by atoms with Crippen molar-refractivity contribution < 1.29 is 14.3 Å². The second-order valence-corrected chi connectivity index (χ2v) is 7.21. The molecule has 0 aliphatic carbocycles. The third kappa shape index (κ3) is 3.84. The molecule has 2 heterocycles. The van der Waals surface area contributed by atoms with Crippen LogP contribution in [0.3, 0.4) is 0 Å². The van der Waals surface area contributed by atoms with Crippen LogP contribution in [0.25, 0.3) is 0 Å². The highest BCUT2D eigenvalue weighted by Gasteiger charge is 2.34. The number of para-hydroxylation sites is 1. The number of ether oxygens (including phenoxy) is 2. The molecule has 1 aromatic heterocycles. The predicted octanol–water partition coefficient (Wildman–Crippen LogP) is 3.92. The van der Waals surface area contributed by atoms with Gasteiger partial charge in [-0.15, -0.1) is 0 Å². The fourth-order valence-electron chi connectivity index (χ4n) is 3.73. The maximum Gasteiger partial charge on any atom is 0.255 e. The van der Waals surface area contributed by atoms with Gasteiger partial charge in [-0.2, -0.15) is 10.1 Å². The Morgan fingerprint density at radius 2 is 2.00 bits per heavy atom. The number of nitrogens with one attached hydrogen (secondary N) is 2. The Balaban J connectivity index is 1.79. The normalized spacial score (nSPS) is 15.2. The van der Waals surface area contributed by atoms with Gasteiger partial charge in [-0.1, -0.05) is 24.3 Å². The largest absolute Gasteiger partial charge is 0.493 e. The van der Waals surface area contributed by atoms with Gasteiger partial charge in [-0.3, -0.25) is 4.79 Å². The number of anilines is 2. The van der Waals surface area contributed by atoms with E-state index in [2.05, 4.69) is 20.7 Å². The zero-order valence-electron chi connectivity index (χ0n) is 18.0. The first-order valence-electron chi connectivity index (χ1n) is 10.1. The van der Waals surface area contributed by atoms with E-state index in [1.165, 1.54) is 6.33 Å². The molecule has 0 fully saturated rings. The highest BCUT2D eigenvalue weighted by Crippen LogP contribution is 2.38. The van der Waals surface area contributed by atoms with Crippen molar-refractivity contribution in [2.75, 3.05) is 24.4 Å². The zero-order valence-corrected chi connectivity index (χ0v) is 18.0. The molecule has 31 heavy (non-hydrogen) atoms. The number of benzene rings is 2. The second-order valence-electron chi connectivity index (χ2n) is 7.21. The minimum Gasteiger partial charge on any atom is -0.493 e. The van der Waals surface area contributed by atoms with Gasteiger partial charge in [0.2, 0.25) is 5.95 Å². The highest BCUT2D eigenvalue weighted by molar-refractivity contribution is 6.06. The van der Waals surface area contributed by atoms with Crippen molar-refractivity contribution in [1.82, 2.24) is 14.8 Å². The van der Waals surface area contributed by atoms with E-state index in [1.54, 1.807) is 11.8 Å². The van der Waals surface area contributed by atoms with E-state index in [4.69, 9.17) is 9.47 Å². The molecule has 2 N–H and O–H groups in total. The van der Waals surface area contributed by atoms with Crippen LogP contribution in [0.15, 0.2) is 60.1 Å². The summed E-state index contributed by atoms with van der Waals surface area (Å²) in [7, 11) is 1.60. The molecular weight excluding hydrogens is 394 g/mol. The van der Waals surface area contributed by atoms with Crippen molar-refractivity contribution in [2.24, 2.45) is 0 Å². The van der Waals surface area contributed by atoms with E-state index in [-0.39, 0.29) is 5.91 Å². The molecule has 0 radical (unpaired) electrons. The van der Waals surface area contributed by atoms with Crippen molar-refractivity contribution in [2.45, 2.75) is 26.8 Å². The van der Waals surface area contributed by atoms with Gasteiger partial charge in [-0.25, -0.2) is 4.68 Å². The molecule has 3 aromatic rings. The van der Waals surface area contributed by atoms with Gasteiger partial charge >= 0.3 is 0 Å². The van der Waals surface area contributed by atoms with E-state index >= 15 is 0 Å². The van der Waals surface area contributed by atoms with Crippen LogP contribution in [-0.4, -0.2) is 34.4 Å². The molecule has 0 unspecified atom stereocenters. The summed E-state index contributed by atoms with van der Waals surface area (Å²) in [5, 5.41) is 10.6. The Hall–Kier alpha value is -3.81. The number of carbonyl (C=O) groups is 1. The average molecular weight is 419 g/mol. The topological polar surface area (TPSA) is 90.3 Å². The van der Waals surface area contributed by atoms with Crippen molar-refractivity contribution in [3.8, 4) is 11.5 Å². The number of aryl methyl sites for hydroxylation is 1. The average Bonchev–Trinajstić information content (AvgIpc) is 3.22. The maximum atomic E-state index is 13.5. The van der Waals surface area contributed by atoms with Crippen molar-refractivity contribution in [1.29, 1.82) is 0 Å². The summed E-state index contributed by atoms with van der Waals surface area (Å²) in [4.78, 5) is 17.7. The van der Waals surface area contributed by atoms with Crippen LogP contribution in [0, 0.1) is 6.92 Å². The lowest BCUT2D eigenvalue weighted by Crippen LogP contribution is -2.31. The van der Waals surface area contributed by atoms with Crippen LogP contribution in [-0.2, 0) is 4.79 Å². The third-order valence-electron chi connectivity index (χ3n) is 5.24. The number of amides is 1. The lowest BCUT2D eigenvalue weighted by atomic mass is 9.94. The smallest absolute Gasteiger partial charge is 0.255 e. The summed E-state index contributed by atoms with van der Waals surface area (Å²) in [6, 6.07) is 12.8. The van der Waals surface area contributed by atoms with Crippen LogP contribution in [0.5, 0.6) is 11.5 Å². The van der Waals surface area contributed by atoms with Crippen LogP contribution >= 0.6 is 0 Å². The van der Waals surface area contributed by atoms with E-state index < -0.39 is 6.04 Å². The zero-order chi connectivity index (χ0) is 22.0. The lowest BCUT2D eigenvalue weighted by Gasteiger charge is -2.29. The van der Waals surface area contributed by atoms with Crippen LogP contribution in [0.4, 0.5) is 11.6 Å². The quantitative estimate of drug-likeness (QED) is 0.629. The lowest BCUT2D eigenvalue weighted by molar-refractivity contribution is -0.113. The molecule has 0 spiro atoms. The van der Waals surface area contributed by atoms with Gasteiger partial charge in [0, 0.05) is 11.4 Å². The van der Waals surface area contributed by atoms with Gasteiger partial charge in [0.1, 0.15) is 12.4 Å². The number of hydrogen-bond acceptors (Lipinski definition) is 6. The van der Waals surface area contributed by atoms with Gasteiger partial charge in [0.05, 0.1) is 19.3 Å². The third-order valence-corrected chi connectivity index (χ3v) is 5.24. The summed E-state index contributed by atoms with van der Waals surface area (Å²) in [6.07, 6.45) is 1.47. The highest BCUT2D eigenvalue weighted by atomic mass is 16.5. The number of carbonyl (C=O) groups excluding carboxylic acids is 1. The van der Waals surface area contributed by atoms with E-state index in [0.717, 1.165) is 16.8 Å². The molecular formula is C23H25N5O3. The summed E-state index contributed by atoms with van der Waals surface area (Å²) < 4.78 is 12.9. The van der Waals surface area contributed by atoms with Crippen LogP contribution < -0.4 is 20.1 Å². The standard InChI is InChI=1S/C23H25N5O3/c1-5-31-19-12-16(10-11-18(19)30-4)21-20(15(3)26-23-24-13-25-28(21)23)22(29)27-17-9-7-6-8-14(17)2/h6-13,21H,5H2,1-4H3,(H,27,29)(H,24,25,26)/t21-/m1/s1. The van der Waals surface area contributed by atoms with E-state index in [1.807, 2.05) is 63.2 Å². The molecule has 8 nitrogen and oxygen atoms in total. The predicted molar refractivity (Wildman–Crippen MR) is 118 cm³/mol. The fraction of sp³-hybridized carbons (Fsp3) is 0.261. The Morgan fingerprint density at radius 1 is 1.19 bits per heavy atom. The van der Waals surface area contributed by atoms with Gasteiger partial charge < -0.3 is 20.1 Å². The van der Waals surface area contributed by atoms with Crippen molar-refractivity contribution in [3.05, 3.63) is 71.2 Å². The fourth-order valence-corrected chi connectivity index (χ4v) is 3.73. The molecule has 1 atom stereocenters. The number of fused-ring (bicyclic) bond motifs is 1. The summed E-state index contributed by atoms with van der Waals surface area (Å²) >= 11 is 0. The molecule has 1 aliphatic heterocycles. The number of nitrogens with zero attached hydrogens (tertiary/aromatic N) is 3. The van der Waals surface area contributed by atoms with Crippen LogP contribution in [0.1, 0.15) is 31.0 Å². The number of allylic oxidation sites excluding steroid dienone is 1. The molecule has 0 saturated heterocycles. The monoisotopic (exact) mass is 419 g/mol. The molecule has 0 saturated carbocycles. The number of aromatic nitrogens is 3. The number of hydrogen-bond donors (Lipinski definition) is 2.